The van der Waals surface area contributed by atoms with Gasteiger partial charge in [0.25, 0.3) is 0 Å². The molecule has 0 saturated heterocycles. The van der Waals surface area contributed by atoms with E-state index in [1.165, 1.54) is 11.8 Å². The molecule has 0 radical (unpaired) electrons. The summed E-state index contributed by atoms with van der Waals surface area (Å²) in [4.78, 5) is 17.9. The minimum atomic E-state index is -4.52. The van der Waals surface area contributed by atoms with E-state index >= 15 is 0 Å². The monoisotopic (exact) mass is 408 g/mol. The number of carbonyl (C=O) groups excluding carboxylic acids is 1. The average molecular weight is 408 g/mol. The molecule has 1 fully saturated rings. The van der Waals surface area contributed by atoms with Crippen molar-refractivity contribution in [1.82, 2.24) is 4.98 Å². The number of nitrogens with zero attached hydrogens (tertiary/aromatic N) is 1. The number of fused-ring (bicyclic) bond motifs is 2. The van der Waals surface area contributed by atoms with Crippen LogP contribution in [0.2, 0.25) is 0 Å². The molecule has 1 aromatic carbocycles. The first-order valence-corrected chi connectivity index (χ1v) is 9.83. The molecule has 148 valence electrons. The minimum absolute atomic E-state index is 0.0482. The summed E-state index contributed by atoms with van der Waals surface area (Å²) in [5.41, 5.74) is 6.48. The van der Waals surface area contributed by atoms with Crippen LogP contribution in [0.3, 0.4) is 0 Å². The zero-order valence-electron chi connectivity index (χ0n) is 14.8. The second-order valence-electron chi connectivity index (χ2n) is 7.11. The molecular formula is C19H19F3N4OS. The zero-order valence-corrected chi connectivity index (χ0v) is 15.7. The van der Waals surface area contributed by atoms with E-state index in [9.17, 15) is 18.0 Å². The van der Waals surface area contributed by atoms with Crippen LogP contribution in [0.25, 0.3) is 0 Å². The van der Waals surface area contributed by atoms with Crippen LogP contribution >= 0.6 is 11.8 Å². The fourth-order valence-corrected chi connectivity index (χ4v) is 4.63. The van der Waals surface area contributed by atoms with Gasteiger partial charge in [-0.15, -0.1) is 0 Å². The molecule has 2 aromatic rings. The number of nitrogens with one attached hydrogen (secondary N) is 2. The van der Waals surface area contributed by atoms with Gasteiger partial charge in [0.05, 0.1) is 27.5 Å². The van der Waals surface area contributed by atoms with E-state index in [0.29, 0.717) is 23.4 Å². The molecule has 4 N–H and O–H groups in total. The van der Waals surface area contributed by atoms with Gasteiger partial charge in [-0.1, -0.05) is 18.2 Å². The van der Waals surface area contributed by atoms with Gasteiger partial charge >= 0.3 is 6.18 Å². The number of amides is 1. The summed E-state index contributed by atoms with van der Waals surface area (Å²) in [6.07, 6.45) is 1.62. The van der Waals surface area contributed by atoms with Crippen molar-refractivity contribution in [2.45, 2.75) is 47.7 Å². The third-order valence-corrected chi connectivity index (χ3v) is 6.12. The first-order chi connectivity index (χ1) is 13.3. The molecule has 0 bridgehead atoms. The second-order valence-corrected chi connectivity index (χ2v) is 8.19. The Morgan fingerprint density at radius 1 is 1.29 bits per heavy atom. The predicted octanol–water partition coefficient (Wildman–Crippen LogP) is 4.76. The molecule has 2 heterocycles. The minimum Gasteiger partial charge on any atom is -0.352 e. The SMILES string of the molecule is NC1CCCC(C(=O)Nc2cc(C(F)(F)F)cc3c2Nc2ccncc2S3)C1. The number of carbonyl (C=O) groups is 1. The molecular weight excluding hydrogens is 389 g/mol. The summed E-state index contributed by atoms with van der Waals surface area (Å²) in [6.45, 7) is 0. The lowest BCUT2D eigenvalue weighted by atomic mass is 9.85. The standard InChI is InChI=1S/C19H19F3N4OS/c20-19(21,22)11-7-14(26-18(27)10-2-1-3-12(23)6-10)17-15(8-11)28-16-9-24-5-4-13(16)25-17/h4-5,7-10,12,25H,1-3,6,23H2,(H,26,27). The summed E-state index contributed by atoms with van der Waals surface area (Å²) in [5, 5.41) is 5.85. The Bertz CT molecular complexity index is 919. The van der Waals surface area contributed by atoms with Crippen molar-refractivity contribution in [2.24, 2.45) is 11.7 Å². The Morgan fingerprint density at radius 3 is 2.86 bits per heavy atom. The number of anilines is 3. The van der Waals surface area contributed by atoms with Crippen molar-refractivity contribution in [1.29, 1.82) is 0 Å². The van der Waals surface area contributed by atoms with Gasteiger partial charge in [0.2, 0.25) is 5.91 Å². The number of nitrogens with two attached hydrogens (primary N) is 1. The molecule has 1 amide bonds. The van der Waals surface area contributed by atoms with Crippen LogP contribution in [0.1, 0.15) is 31.2 Å². The van der Waals surface area contributed by atoms with Crippen LogP contribution < -0.4 is 16.4 Å². The van der Waals surface area contributed by atoms with Crippen LogP contribution in [0, 0.1) is 5.92 Å². The fourth-order valence-electron chi connectivity index (χ4n) is 3.61. The molecule has 1 aliphatic heterocycles. The number of benzene rings is 1. The van der Waals surface area contributed by atoms with Crippen LogP contribution in [0.5, 0.6) is 0 Å². The van der Waals surface area contributed by atoms with Gasteiger partial charge in [-0.05, 0) is 37.5 Å². The van der Waals surface area contributed by atoms with Crippen molar-refractivity contribution >= 4 is 34.7 Å². The summed E-state index contributed by atoms with van der Waals surface area (Å²) >= 11 is 1.19. The molecule has 2 aliphatic rings. The summed E-state index contributed by atoms with van der Waals surface area (Å²) < 4.78 is 40.2. The lowest BCUT2D eigenvalue weighted by Gasteiger charge is -2.28. The van der Waals surface area contributed by atoms with E-state index in [0.717, 1.165) is 35.6 Å². The van der Waals surface area contributed by atoms with Gasteiger partial charge in [-0.3, -0.25) is 9.78 Å². The van der Waals surface area contributed by atoms with E-state index in [1.807, 2.05) is 0 Å². The Kier molecular flexibility index (Phi) is 4.96. The summed E-state index contributed by atoms with van der Waals surface area (Å²) in [5.74, 6) is -0.578. The normalized spacial score (nSPS) is 21.3. The lowest BCUT2D eigenvalue weighted by molar-refractivity contribution is -0.137. The number of alkyl halides is 3. The topological polar surface area (TPSA) is 80.0 Å². The molecule has 0 spiro atoms. The Hall–Kier alpha value is -2.26. The third-order valence-electron chi connectivity index (χ3n) is 5.04. The number of hydrogen-bond donors (Lipinski definition) is 3. The average Bonchev–Trinajstić information content (AvgIpc) is 2.65. The second kappa shape index (κ2) is 7.29. The summed E-state index contributed by atoms with van der Waals surface area (Å²) in [6, 6.07) is 3.77. The van der Waals surface area contributed by atoms with Gasteiger partial charge < -0.3 is 16.4 Å². The van der Waals surface area contributed by atoms with E-state index in [-0.39, 0.29) is 23.6 Å². The van der Waals surface area contributed by atoms with Crippen LogP contribution in [-0.4, -0.2) is 16.9 Å². The van der Waals surface area contributed by atoms with Gasteiger partial charge in [-0.25, -0.2) is 0 Å². The molecule has 1 aromatic heterocycles. The van der Waals surface area contributed by atoms with Gasteiger partial charge in [0, 0.05) is 29.2 Å². The Morgan fingerprint density at radius 2 is 2.11 bits per heavy atom. The van der Waals surface area contributed by atoms with Crippen molar-refractivity contribution in [3.8, 4) is 0 Å². The van der Waals surface area contributed by atoms with Gasteiger partial charge in [0.15, 0.2) is 0 Å². The largest absolute Gasteiger partial charge is 0.416 e. The predicted molar refractivity (Wildman–Crippen MR) is 102 cm³/mol. The van der Waals surface area contributed by atoms with Crippen LogP contribution in [0.15, 0.2) is 40.4 Å². The van der Waals surface area contributed by atoms with Crippen molar-refractivity contribution < 1.29 is 18.0 Å². The molecule has 1 saturated carbocycles. The van der Waals surface area contributed by atoms with Crippen molar-refractivity contribution in [3.05, 3.63) is 36.2 Å². The van der Waals surface area contributed by atoms with E-state index in [2.05, 4.69) is 15.6 Å². The number of aromatic nitrogens is 1. The van der Waals surface area contributed by atoms with Gasteiger partial charge in [-0.2, -0.15) is 13.2 Å². The fraction of sp³-hybridized carbons (Fsp3) is 0.368. The number of pyridine rings is 1. The van der Waals surface area contributed by atoms with Crippen LogP contribution in [-0.2, 0) is 11.0 Å². The van der Waals surface area contributed by atoms with Crippen molar-refractivity contribution in [3.63, 3.8) is 0 Å². The molecule has 9 heteroatoms. The smallest absolute Gasteiger partial charge is 0.352 e. The highest BCUT2D eigenvalue weighted by Gasteiger charge is 2.34. The number of hydrogen-bond acceptors (Lipinski definition) is 5. The highest BCUT2D eigenvalue weighted by molar-refractivity contribution is 7.99. The maximum atomic E-state index is 13.4. The quantitative estimate of drug-likeness (QED) is 0.569. The van der Waals surface area contributed by atoms with E-state index < -0.39 is 11.7 Å². The molecule has 28 heavy (non-hydrogen) atoms. The first kappa shape index (κ1) is 19.1. The van der Waals surface area contributed by atoms with E-state index in [4.69, 9.17) is 5.73 Å². The number of halogens is 3. The van der Waals surface area contributed by atoms with Crippen molar-refractivity contribution in [2.75, 3.05) is 10.6 Å². The highest BCUT2D eigenvalue weighted by atomic mass is 32.2. The first-order valence-electron chi connectivity index (χ1n) is 9.02. The molecule has 2 unspecified atom stereocenters. The molecule has 2 atom stereocenters. The Labute approximate surface area is 164 Å². The zero-order chi connectivity index (χ0) is 19.9. The number of rotatable bonds is 2. The maximum absolute atomic E-state index is 13.4. The Balaban J connectivity index is 1.69. The van der Waals surface area contributed by atoms with Crippen LogP contribution in [0.4, 0.5) is 30.2 Å². The molecule has 1 aliphatic carbocycles. The molecule has 4 rings (SSSR count). The van der Waals surface area contributed by atoms with E-state index in [1.54, 1.807) is 18.5 Å². The highest BCUT2D eigenvalue weighted by Crippen LogP contribution is 2.49. The lowest BCUT2D eigenvalue weighted by Crippen LogP contribution is -2.34. The van der Waals surface area contributed by atoms with Gasteiger partial charge in [0.1, 0.15) is 0 Å². The molecule has 5 nitrogen and oxygen atoms in total. The summed E-state index contributed by atoms with van der Waals surface area (Å²) in [7, 11) is 0. The third kappa shape index (κ3) is 3.81. The maximum Gasteiger partial charge on any atom is 0.416 e.